The van der Waals surface area contributed by atoms with E-state index in [1.54, 1.807) is 0 Å². The van der Waals surface area contributed by atoms with E-state index in [0.29, 0.717) is 0 Å². The number of esters is 1. The van der Waals surface area contributed by atoms with E-state index in [4.69, 9.17) is 21.3 Å². The van der Waals surface area contributed by atoms with Gasteiger partial charge >= 0.3 is 11.9 Å². The maximum absolute atomic E-state index is 11.6. The predicted octanol–water partition coefficient (Wildman–Crippen LogP) is 1.17. The molecule has 3 aromatic rings. The minimum absolute atomic E-state index is 0.103. The summed E-state index contributed by atoms with van der Waals surface area (Å²) in [6.45, 7) is 0.214. The average Bonchev–Trinajstić information content (AvgIpc) is 2.68. The van der Waals surface area contributed by atoms with Gasteiger partial charge < -0.3 is 21.3 Å². The van der Waals surface area contributed by atoms with E-state index in [1.165, 1.54) is 18.6 Å². The van der Waals surface area contributed by atoms with E-state index in [9.17, 15) is 9.59 Å². The van der Waals surface area contributed by atoms with Crippen molar-refractivity contribution in [3.63, 3.8) is 0 Å². The maximum atomic E-state index is 11.6. The molecule has 0 amide bonds. The molecule has 0 aliphatic rings. The van der Waals surface area contributed by atoms with Crippen LogP contribution in [0.25, 0.3) is 0 Å². The first-order valence-electron chi connectivity index (χ1n) is 7.55. The topological polar surface area (TPSA) is 167 Å². The average molecular weight is 368 g/mol. The first kappa shape index (κ1) is 19.2. The maximum Gasteiger partial charge on any atom is 0.358 e. The Hall–Kier alpha value is -4.08. The zero-order valence-corrected chi connectivity index (χ0v) is 14.0. The number of carbonyl (C=O) groups is 2. The molecule has 0 unspecified atom stereocenters. The SMILES string of the molecule is Nc1cnc(C(=O)O)cn1.Nc1cnc(C(=O)OCc2ccccc2)cn1. The minimum atomic E-state index is -1.10. The lowest BCUT2D eigenvalue weighted by Crippen LogP contribution is -2.08. The summed E-state index contributed by atoms with van der Waals surface area (Å²) in [7, 11) is 0. The molecule has 0 saturated carbocycles. The Morgan fingerprint density at radius 1 is 0.852 bits per heavy atom. The van der Waals surface area contributed by atoms with Crippen molar-refractivity contribution in [1.29, 1.82) is 0 Å². The number of rotatable bonds is 4. The number of hydrogen-bond acceptors (Lipinski definition) is 9. The molecule has 0 aliphatic heterocycles. The highest BCUT2D eigenvalue weighted by Gasteiger charge is 2.09. The van der Waals surface area contributed by atoms with Crippen LogP contribution < -0.4 is 11.5 Å². The lowest BCUT2D eigenvalue weighted by atomic mass is 10.2. The molecule has 0 saturated heterocycles. The summed E-state index contributed by atoms with van der Waals surface area (Å²) < 4.78 is 5.07. The molecule has 2 aromatic heterocycles. The molecular formula is C17H16N6O4. The second kappa shape index (κ2) is 9.42. The van der Waals surface area contributed by atoms with Crippen molar-refractivity contribution >= 4 is 23.6 Å². The van der Waals surface area contributed by atoms with Crippen molar-refractivity contribution in [2.24, 2.45) is 0 Å². The Morgan fingerprint density at radius 3 is 1.89 bits per heavy atom. The number of aromatic carboxylic acids is 1. The van der Waals surface area contributed by atoms with Crippen molar-refractivity contribution in [2.75, 3.05) is 11.5 Å². The molecule has 0 atom stereocenters. The highest BCUT2D eigenvalue weighted by atomic mass is 16.5. The van der Waals surface area contributed by atoms with Gasteiger partial charge in [0.2, 0.25) is 0 Å². The van der Waals surface area contributed by atoms with E-state index in [1.807, 2.05) is 30.3 Å². The van der Waals surface area contributed by atoms with Gasteiger partial charge in [-0.15, -0.1) is 0 Å². The fraction of sp³-hybridized carbons (Fsp3) is 0.0588. The summed E-state index contributed by atoms with van der Waals surface area (Å²) in [5.74, 6) is -1.14. The van der Waals surface area contributed by atoms with Crippen LogP contribution in [0.15, 0.2) is 55.1 Å². The van der Waals surface area contributed by atoms with Crippen molar-refractivity contribution in [2.45, 2.75) is 6.61 Å². The number of benzene rings is 1. The number of anilines is 2. The fourth-order valence-corrected chi connectivity index (χ4v) is 1.69. The molecule has 0 aliphatic carbocycles. The second-order valence-corrected chi connectivity index (χ2v) is 5.02. The zero-order valence-electron chi connectivity index (χ0n) is 14.0. The molecule has 5 N–H and O–H groups in total. The minimum Gasteiger partial charge on any atom is -0.476 e. The molecule has 10 nitrogen and oxygen atoms in total. The first-order valence-corrected chi connectivity index (χ1v) is 7.55. The summed E-state index contributed by atoms with van der Waals surface area (Å²) in [5.41, 5.74) is 11.5. The molecule has 0 bridgehead atoms. The van der Waals surface area contributed by atoms with Crippen LogP contribution in [0.5, 0.6) is 0 Å². The lowest BCUT2D eigenvalue weighted by molar-refractivity contribution is 0.0465. The van der Waals surface area contributed by atoms with Gasteiger partial charge in [-0.2, -0.15) is 0 Å². The number of ether oxygens (including phenoxy) is 1. The molecule has 27 heavy (non-hydrogen) atoms. The van der Waals surface area contributed by atoms with Crippen LogP contribution in [0.4, 0.5) is 11.6 Å². The molecule has 0 radical (unpaired) electrons. The number of carbonyl (C=O) groups excluding carboxylic acids is 1. The third-order valence-electron chi connectivity index (χ3n) is 2.98. The fourth-order valence-electron chi connectivity index (χ4n) is 1.69. The van der Waals surface area contributed by atoms with Crippen LogP contribution in [0.2, 0.25) is 0 Å². The summed E-state index contributed by atoms with van der Waals surface area (Å²) in [6.07, 6.45) is 4.92. The van der Waals surface area contributed by atoms with E-state index < -0.39 is 11.9 Å². The van der Waals surface area contributed by atoms with Crippen molar-refractivity contribution < 1.29 is 19.4 Å². The van der Waals surface area contributed by atoms with Gasteiger partial charge in [0, 0.05) is 0 Å². The van der Waals surface area contributed by atoms with E-state index in [-0.39, 0.29) is 29.6 Å². The van der Waals surface area contributed by atoms with Gasteiger partial charge in [-0.05, 0) is 5.56 Å². The van der Waals surface area contributed by atoms with Gasteiger partial charge in [-0.25, -0.2) is 29.5 Å². The Balaban J connectivity index is 0.000000223. The van der Waals surface area contributed by atoms with Crippen molar-refractivity contribution in [1.82, 2.24) is 19.9 Å². The molecule has 3 rings (SSSR count). The summed E-state index contributed by atoms with van der Waals surface area (Å²) in [5, 5.41) is 8.33. The normalized spacial score (nSPS) is 9.63. The van der Waals surface area contributed by atoms with Gasteiger partial charge in [0.25, 0.3) is 0 Å². The van der Waals surface area contributed by atoms with Gasteiger partial charge in [0.15, 0.2) is 11.4 Å². The first-order chi connectivity index (χ1) is 13.0. The van der Waals surface area contributed by atoms with Gasteiger partial charge in [-0.1, -0.05) is 30.3 Å². The number of nitrogens with two attached hydrogens (primary N) is 2. The van der Waals surface area contributed by atoms with E-state index in [0.717, 1.165) is 11.8 Å². The monoisotopic (exact) mass is 368 g/mol. The van der Waals surface area contributed by atoms with Gasteiger partial charge in [-0.3, -0.25) is 0 Å². The number of nitrogens with zero attached hydrogens (tertiary/aromatic N) is 4. The van der Waals surface area contributed by atoms with E-state index in [2.05, 4.69) is 19.9 Å². The Bertz CT molecular complexity index is 886. The third-order valence-corrected chi connectivity index (χ3v) is 2.98. The van der Waals surface area contributed by atoms with Crippen LogP contribution in [-0.2, 0) is 11.3 Å². The highest BCUT2D eigenvalue weighted by molar-refractivity contribution is 5.86. The number of carboxylic acid groups (broad SMARTS) is 1. The number of hydrogen-bond donors (Lipinski definition) is 3. The smallest absolute Gasteiger partial charge is 0.358 e. The molecule has 0 spiro atoms. The number of carboxylic acids is 1. The Labute approximate surface area is 153 Å². The van der Waals surface area contributed by atoms with Crippen LogP contribution in [0.1, 0.15) is 26.5 Å². The number of nitrogen functional groups attached to an aromatic ring is 2. The van der Waals surface area contributed by atoms with Gasteiger partial charge in [0.1, 0.15) is 18.2 Å². The van der Waals surface area contributed by atoms with E-state index >= 15 is 0 Å². The Morgan fingerprint density at radius 2 is 1.41 bits per heavy atom. The number of aromatic nitrogens is 4. The summed E-state index contributed by atoms with van der Waals surface area (Å²) in [4.78, 5) is 36.4. The zero-order chi connectivity index (χ0) is 19.6. The molecule has 2 heterocycles. The summed E-state index contributed by atoms with van der Waals surface area (Å²) >= 11 is 0. The van der Waals surface area contributed by atoms with Crippen LogP contribution in [-0.4, -0.2) is 37.0 Å². The molecular weight excluding hydrogens is 352 g/mol. The largest absolute Gasteiger partial charge is 0.476 e. The predicted molar refractivity (Wildman–Crippen MR) is 95.4 cm³/mol. The highest BCUT2D eigenvalue weighted by Crippen LogP contribution is 2.04. The second-order valence-electron chi connectivity index (χ2n) is 5.02. The molecule has 138 valence electrons. The molecule has 10 heteroatoms. The van der Waals surface area contributed by atoms with Crippen LogP contribution >= 0.6 is 0 Å². The van der Waals surface area contributed by atoms with Crippen molar-refractivity contribution in [3.05, 3.63) is 72.1 Å². The lowest BCUT2D eigenvalue weighted by Gasteiger charge is -2.03. The standard InChI is InChI=1S/C12H11N3O2.C5H5N3O2/c13-11-7-14-10(6-15-11)12(16)17-8-9-4-2-1-3-5-9;6-4-2-7-3(1-8-4)5(9)10/h1-7H,8H2,(H2,13,15);1-2H,(H2,6,8)(H,9,10). The third kappa shape index (κ3) is 6.38. The molecule has 0 fully saturated rings. The quantitative estimate of drug-likeness (QED) is 0.568. The Kier molecular flexibility index (Phi) is 6.71. The molecule has 1 aromatic carbocycles. The summed E-state index contributed by atoms with van der Waals surface area (Å²) in [6, 6.07) is 9.42. The van der Waals surface area contributed by atoms with Crippen molar-refractivity contribution in [3.8, 4) is 0 Å². The van der Waals surface area contributed by atoms with Gasteiger partial charge in [0.05, 0.1) is 24.8 Å². The van der Waals surface area contributed by atoms with Crippen LogP contribution in [0.3, 0.4) is 0 Å². The van der Waals surface area contributed by atoms with Crippen LogP contribution in [0, 0.1) is 0 Å².